The number of nitrogens with zero attached hydrogens (tertiary/aromatic N) is 1. The van der Waals surface area contributed by atoms with E-state index in [0.29, 0.717) is 11.8 Å². The second-order valence-corrected chi connectivity index (χ2v) is 6.36. The van der Waals surface area contributed by atoms with E-state index in [4.69, 9.17) is 0 Å². The quantitative estimate of drug-likeness (QED) is 0.679. The molecule has 4 nitrogen and oxygen atoms in total. The van der Waals surface area contributed by atoms with Crippen molar-refractivity contribution in [3.05, 3.63) is 46.0 Å². The van der Waals surface area contributed by atoms with Gasteiger partial charge in [-0.05, 0) is 44.2 Å². The molecule has 3 N–H and O–H groups in total. The van der Waals surface area contributed by atoms with Crippen LogP contribution >= 0.6 is 11.3 Å². The predicted molar refractivity (Wildman–Crippen MR) is 87.1 cm³/mol. The Morgan fingerprint density at radius 3 is 2.95 bits per heavy atom. The van der Waals surface area contributed by atoms with Gasteiger partial charge in [-0.3, -0.25) is 0 Å². The number of nitrogens with one attached hydrogen (secondary N) is 2. The number of aryl methyl sites for hydroxylation is 1. The smallest absolute Gasteiger partial charge is 0.116 e. The van der Waals surface area contributed by atoms with Crippen LogP contribution in [0.4, 0.5) is 0 Å². The number of aromatic nitrogens is 2. The fraction of sp³-hybridized carbons (Fsp3) is 0.312. The van der Waals surface area contributed by atoms with E-state index >= 15 is 0 Å². The number of thiazole rings is 1. The van der Waals surface area contributed by atoms with Crippen LogP contribution in [-0.2, 0) is 12.8 Å². The Balaban J connectivity index is 1.80. The van der Waals surface area contributed by atoms with Crippen LogP contribution in [0.25, 0.3) is 10.9 Å². The normalized spacial score (nSPS) is 12.9. The fourth-order valence-electron chi connectivity index (χ4n) is 2.63. The summed E-state index contributed by atoms with van der Waals surface area (Å²) in [5.74, 6) is 0.305. The molecule has 0 saturated carbocycles. The summed E-state index contributed by atoms with van der Waals surface area (Å²) in [5, 5.41) is 17.4. The Hall–Kier alpha value is -1.85. The van der Waals surface area contributed by atoms with Crippen molar-refractivity contribution in [2.75, 3.05) is 7.05 Å². The highest BCUT2D eigenvalue weighted by Crippen LogP contribution is 2.24. The lowest BCUT2D eigenvalue weighted by atomic mass is 10.0. The summed E-state index contributed by atoms with van der Waals surface area (Å²) < 4.78 is 0. The van der Waals surface area contributed by atoms with Crippen molar-refractivity contribution in [1.29, 1.82) is 0 Å². The third kappa shape index (κ3) is 3.09. The van der Waals surface area contributed by atoms with Crippen molar-refractivity contribution in [2.45, 2.75) is 25.8 Å². The van der Waals surface area contributed by atoms with Gasteiger partial charge in [0, 0.05) is 34.9 Å². The first kappa shape index (κ1) is 14.1. The van der Waals surface area contributed by atoms with Crippen molar-refractivity contribution in [3.8, 4) is 5.75 Å². The van der Waals surface area contributed by atoms with Gasteiger partial charge in [0.1, 0.15) is 5.75 Å². The van der Waals surface area contributed by atoms with E-state index in [1.807, 2.05) is 32.3 Å². The molecule has 3 aromatic rings. The van der Waals surface area contributed by atoms with Crippen molar-refractivity contribution in [3.63, 3.8) is 0 Å². The number of phenols is 1. The minimum absolute atomic E-state index is 0.305. The van der Waals surface area contributed by atoms with E-state index in [0.717, 1.165) is 34.4 Å². The number of H-pyrrole nitrogens is 1. The standard InChI is InChI=1S/C16H19N3OS/c1-10-19-13(9-21-10)6-12(17-2)5-11-8-18-16-4-3-14(20)7-15(11)16/h3-4,7-9,12,17-18,20H,5-6H2,1-2H3. The van der Waals surface area contributed by atoms with Gasteiger partial charge in [-0.2, -0.15) is 0 Å². The van der Waals surface area contributed by atoms with Gasteiger partial charge in [0.25, 0.3) is 0 Å². The number of rotatable bonds is 5. The largest absolute Gasteiger partial charge is 0.508 e. The zero-order valence-electron chi connectivity index (χ0n) is 12.2. The van der Waals surface area contributed by atoms with Gasteiger partial charge in [-0.25, -0.2) is 4.98 Å². The summed E-state index contributed by atoms with van der Waals surface area (Å²) in [6.45, 7) is 2.03. The van der Waals surface area contributed by atoms with Gasteiger partial charge in [-0.15, -0.1) is 11.3 Å². The number of phenolic OH excluding ortho intramolecular Hbond substituents is 1. The number of hydrogen-bond acceptors (Lipinski definition) is 4. The van der Waals surface area contributed by atoms with E-state index in [2.05, 4.69) is 20.7 Å². The summed E-state index contributed by atoms with van der Waals surface area (Å²) in [4.78, 5) is 7.80. The molecule has 0 fully saturated rings. The summed E-state index contributed by atoms with van der Waals surface area (Å²) in [6, 6.07) is 5.76. The molecule has 3 rings (SSSR count). The lowest BCUT2D eigenvalue weighted by molar-refractivity contribution is 0.476. The summed E-state index contributed by atoms with van der Waals surface area (Å²) >= 11 is 1.69. The maximum Gasteiger partial charge on any atom is 0.116 e. The van der Waals surface area contributed by atoms with E-state index in [9.17, 15) is 5.11 Å². The lowest BCUT2D eigenvalue weighted by Gasteiger charge is -2.14. The van der Waals surface area contributed by atoms with Crippen molar-refractivity contribution in [1.82, 2.24) is 15.3 Å². The molecule has 1 aromatic carbocycles. The maximum absolute atomic E-state index is 9.66. The average Bonchev–Trinajstić information content (AvgIpc) is 3.05. The van der Waals surface area contributed by atoms with Crippen LogP contribution in [0.2, 0.25) is 0 Å². The van der Waals surface area contributed by atoms with Crippen molar-refractivity contribution < 1.29 is 5.11 Å². The first-order chi connectivity index (χ1) is 10.2. The summed E-state index contributed by atoms with van der Waals surface area (Å²) in [5.41, 5.74) is 3.41. The molecule has 21 heavy (non-hydrogen) atoms. The average molecular weight is 301 g/mol. The number of fused-ring (bicyclic) bond motifs is 1. The van der Waals surface area contributed by atoms with E-state index in [1.54, 1.807) is 17.4 Å². The SMILES string of the molecule is CNC(Cc1csc(C)n1)Cc1c[nH]c2ccc(O)cc12. The Morgan fingerprint density at radius 1 is 1.38 bits per heavy atom. The zero-order valence-corrected chi connectivity index (χ0v) is 13.0. The monoisotopic (exact) mass is 301 g/mol. The number of aromatic amines is 1. The molecule has 1 unspecified atom stereocenters. The molecule has 0 amide bonds. The first-order valence-corrected chi connectivity index (χ1v) is 7.91. The van der Waals surface area contributed by atoms with Crippen molar-refractivity contribution in [2.24, 2.45) is 0 Å². The Labute approximate surface area is 127 Å². The van der Waals surface area contributed by atoms with Crippen LogP contribution in [0.1, 0.15) is 16.3 Å². The Morgan fingerprint density at radius 2 is 2.24 bits per heavy atom. The Bertz CT molecular complexity index is 747. The molecular formula is C16H19N3OS. The summed E-state index contributed by atoms with van der Waals surface area (Å²) in [6.07, 6.45) is 3.84. The molecule has 0 saturated heterocycles. The maximum atomic E-state index is 9.66. The molecule has 2 aromatic heterocycles. The topological polar surface area (TPSA) is 60.9 Å². The van der Waals surface area contributed by atoms with Gasteiger partial charge >= 0.3 is 0 Å². The predicted octanol–water partition coefficient (Wildman–Crippen LogP) is 3.01. The van der Waals surface area contributed by atoms with Gasteiger partial charge < -0.3 is 15.4 Å². The third-order valence-electron chi connectivity index (χ3n) is 3.75. The molecule has 0 aliphatic heterocycles. The molecule has 110 valence electrons. The van der Waals surface area contributed by atoms with Crippen LogP contribution in [0.5, 0.6) is 5.75 Å². The molecule has 0 bridgehead atoms. The second kappa shape index (κ2) is 5.87. The molecule has 0 aliphatic carbocycles. The van der Waals surface area contributed by atoms with E-state index in [-0.39, 0.29) is 0 Å². The highest BCUT2D eigenvalue weighted by atomic mass is 32.1. The van der Waals surface area contributed by atoms with Gasteiger partial charge in [-0.1, -0.05) is 0 Å². The van der Waals surface area contributed by atoms with Crippen LogP contribution in [0, 0.1) is 6.92 Å². The zero-order chi connectivity index (χ0) is 14.8. The summed E-state index contributed by atoms with van der Waals surface area (Å²) in [7, 11) is 1.98. The van der Waals surface area contributed by atoms with Gasteiger partial charge in [0.2, 0.25) is 0 Å². The van der Waals surface area contributed by atoms with E-state index in [1.165, 1.54) is 5.56 Å². The van der Waals surface area contributed by atoms with Crippen LogP contribution in [0.3, 0.4) is 0 Å². The van der Waals surface area contributed by atoms with Gasteiger partial charge in [0.15, 0.2) is 0 Å². The molecule has 2 heterocycles. The van der Waals surface area contributed by atoms with Crippen LogP contribution < -0.4 is 5.32 Å². The first-order valence-electron chi connectivity index (χ1n) is 7.03. The fourth-order valence-corrected chi connectivity index (χ4v) is 3.26. The molecule has 0 radical (unpaired) electrons. The molecule has 0 spiro atoms. The second-order valence-electron chi connectivity index (χ2n) is 5.30. The van der Waals surface area contributed by atoms with Crippen LogP contribution in [-0.4, -0.2) is 28.2 Å². The number of hydrogen-bond donors (Lipinski definition) is 3. The van der Waals surface area contributed by atoms with Crippen LogP contribution in [0.15, 0.2) is 29.8 Å². The van der Waals surface area contributed by atoms with Crippen molar-refractivity contribution >= 4 is 22.2 Å². The Kier molecular flexibility index (Phi) is 3.94. The third-order valence-corrected chi connectivity index (χ3v) is 4.57. The van der Waals surface area contributed by atoms with E-state index < -0.39 is 0 Å². The number of likely N-dealkylation sites (N-methyl/N-ethyl adjacent to an activating group) is 1. The minimum atomic E-state index is 0.305. The molecule has 1 atom stereocenters. The number of aromatic hydroxyl groups is 1. The molecule has 0 aliphatic rings. The molecular weight excluding hydrogens is 282 g/mol. The number of benzene rings is 1. The van der Waals surface area contributed by atoms with Gasteiger partial charge in [0.05, 0.1) is 10.7 Å². The lowest BCUT2D eigenvalue weighted by Crippen LogP contribution is -2.30. The molecule has 5 heteroatoms. The highest BCUT2D eigenvalue weighted by molar-refractivity contribution is 7.09. The minimum Gasteiger partial charge on any atom is -0.508 e. The highest BCUT2D eigenvalue weighted by Gasteiger charge is 2.13.